The molecule has 0 radical (unpaired) electrons. The van der Waals surface area contributed by atoms with Crippen LogP contribution in [-0.2, 0) is 9.53 Å². The number of ether oxygens (including phenoxy) is 1. The minimum Gasteiger partial charge on any atom is -0.381 e. The van der Waals surface area contributed by atoms with Gasteiger partial charge in [-0.1, -0.05) is 13.3 Å². The maximum Gasteiger partial charge on any atom is 0.222 e. The molecule has 1 fully saturated rings. The number of rotatable bonds is 5. The Bertz CT molecular complexity index is 221. The molecule has 0 aromatic heterocycles. The van der Waals surface area contributed by atoms with E-state index in [1.807, 2.05) is 4.90 Å². The molecule has 94 valence electrons. The molecule has 0 unspecified atom stereocenters. The van der Waals surface area contributed by atoms with Gasteiger partial charge < -0.3 is 15.4 Å². The van der Waals surface area contributed by atoms with Crippen molar-refractivity contribution in [2.24, 2.45) is 5.73 Å². The van der Waals surface area contributed by atoms with Gasteiger partial charge in [0.15, 0.2) is 0 Å². The predicted octanol–water partition coefficient (Wildman–Crippen LogP) is 1.14. The summed E-state index contributed by atoms with van der Waals surface area (Å²) >= 11 is 0. The lowest BCUT2D eigenvalue weighted by Gasteiger charge is -2.38. The Morgan fingerprint density at radius 3 is 2.88 bits per heavy atom. The van der Waals surface area contributed by atoms with Crippen molar-refractivity contribution in [2.45, 2.75) is 51.2 Å². The average molecular weight is 228 g/mol. The molecule has 1 rings (SSSR count). The molecule has 1 aliphatic heterocycles. The topological polar surface area (TPSA) is 55.6 Å². The van der Waals surface area contributed by atoms with E-state index in [2.05, 4.69) is 6.92 Å². The van der Waals surface area contributed by atoms with Gasteiger partial charge in [0.2, 0.25) is 5.91 Å². The first-order valence-corrected chi connectivity index (χ1v) is 6.25. The van der Waals surface area contributed by atoms with E-state index >= 15 is 0 Å². The molecule has 16 heavy (non-hydrogen) atoms. The van der Waals surface area contributed by atoms with E-state index in [1.54, 1.807) is 7.11 Å². The zero-order valence-electron chi connectivity index (χ0n) is 10.4. The van der Waals surface area contributed by atoms with Crippen molar-refractivity contribution in [3.63, 3.8) is 0 Å². The van der Waals surface area contributed by atoms with Crippen molar-refractivity contribution >= 4 is 5.91 Å². The minimum atomic E-state index is 0.169. The van der Waals surface area contributed by atoms with Crippen molar-refractivity contribution in [1.82, 2.24) is 4.90 Å². The number of hydrogen-bond acceptors (Lipinski definition) is 3. The van der Waals surface area contributed by atoms with Gasteiger partial charge in [-0.15, -0.1) is 0 Å². The van der Waals surface area contributed by atoms with E-state index in [0.29, 0.717) is 13.0 Å². The molecule has 1 saturated heterocycles. The molecule has 0 aromatic carbocycles. The molecule has 4 nitrogen and oxygen atoms in total. The lowest BCUT2D eigenvalue weighted by molar-refractivity contribution is -0.136. The third-order valence-corrected chi connectivity index (χ3v) is 3.34. The second-order valence-electron chi connectivity index (χ2n) is 4.46. The number of amides is 1. The van der Waals surface area contributed by atoms with Crippen LogP contribution in [0.4, 0.5) is 0 Å². The first-order valence-electron chi connectivity index (χ1n) is 6.25. The van der Waals surface area contributed by atoms with Gasteiger partial charge in [0.1, 0.15) is 0 Å². The second kappa shape index (κ2) is 6.86. The quantitative estimate of drug-likeness (QED) is 0.767. The van der Waals surface area contributed by atoms with Gasteiger partial charge in [-0.3, -0.25) is 4.79 Å². The largest absolute Gasteiger partial charge is 0.381 e. The maximum atomic E-state index is 12.0. The molecule has 0 aliphatic carbocycles. The number of hydrogen-bond donors (Lipinski definition) is 1. The summed E-state index contributed by atoms with van der Waals surface area (Å²) in [6.07, 6.45) is 4.78. The highest BCUT2D eigenvalue weighted by Crippen LogP contribution is 2.20. The number of likely N-dealkylation sites (tertiary alicyclic amines) is 1. The highest BCUT2D eigenvalue weighted by molar-refractivity contribution is 5.76. The Hall–Kier alpha value is -0.610. The fourth-order valence-electron chi connectivity index (χ4n) is 2.25. The maximum absolute atomic E-state index is 12.0. The first-order chi connectivity index (χ1) is 7.72. The summed E-state index contributed by atoms with van der Waals surface area (Å²) in [5, 5.41) is 0. The van der Waals surface area contributed by atoms with E-state index in [9.17, 15) is 4.79 Å². The van der Waals surface area contributed by atoms with Crippen LogP contribution in [0, 0.1) is 0 Å². The van der Waals surface area contributed by atoms with E-state index in [0.717, 1.165) is 32.2 Å². The summed E-state index contributed by atoms with van der Waals surface area (Å²) in [4.78, 5) is 13.9. The standard InChI is InChI=1S/C12H24N2O2/c1-3-4-5-12(15)14-7-6-11(16-2)8-10(14)9-13/h10-11H,3-9,13H2,1-2H3/t10-,11-/m1/s1. The van der Waals surface area contributed by atoms with Gasteiger partial charge in [-0.05, 0) is 19.3 Å². The lowest BCUT2D eigenvalue weighted by Crippen LogP contribution is -2.51. The highest BCUT2D eigenvalue weighted by Gasteiger charge is 2.30. The molecule has 4 heteroatoms. The van der Waals surface area contributed by atoms with Crippen LogP contribution in [-0.4, -0.2) is 43.2 Å². The number of carbonyl (C=O) groups excluding carboxylic acids is 1. The van der Waals surface area contributed by atoms with Gasteiger partial charge in [0, 0.05) is 32.7 Å². The van der Waals surface area contributed by atoms with Crippen LogP contribution in [0.5, 0.6) is 0 Å². The summed E-state index contributed by atoms with van der Waals surface area (Å²) in [5.74, 6) is 0.256. The van der Waals surface area contributed by atoms with Gasteiger partial charge in [0.25, 0.3) is 0 Å². The van der Waals surface area contributed by atoms with Gasteiger partial charge in [-0.2, -0.15) is 0 Å². The molecular formula is C12H24N2O2. The van der Waals surface area contributed by atoms with E-state index in [-0.39, 0.29) is 18.1 Å². The van der Waals surface area contributed by atoms with Gasteiger partial charge in [0.05, 0.1) is 6.10 Å². The summed E-state index contributed by atoms with van der Waals surface area (Å²) in [6.45, 7) is 3.44. The molecule has 0 bridgehead atoms. The minimum absolute atomic E-state index is 0.169. The summed E-state index contributed by atoms with van der Waals surface area (Å²) in [6, 6.07) is 0.169. The Balaban J connectivity index is 2.49. The van der Waals surface area contributed by atoms with Crippen LogP contribution in [0.25, 0.3) is 0 Å². The number of carbonyl (C=O) groups is 1. The number of piperidine rings is 1. The Morgan fingerprint density at radius 2 is 2.31 bits per heavy atom. The summed E-state index contributed by atoms with van der Waals surface area (Å²) in [7, 11) is 1.73. The van der Waals surface area contributed by atoms with E-state index < -0.39 is 0 Å². The van der Waals surface area contributed by atoms with E-state index in [1.165, 1.54) is 0 Å². The third kappa shape index (κ3) is 3.46. The van der Waals surface area contributed by atoms with Crippen molar-refractivity contribution in [2.75, 3.05) is 20.2 Å². The zero-order chi connectivity index (χ0) is 12.0. The summed E-state index contributed by atoms with van der Waals surface area (Å²) in [5.41, 5.74) is 5.73. The van der Waals surface area contributed by atoms with Crippen molar-refractivity contribution < 1.29 is 9.53 Å². The van der Waals surface area contributed by atoms with Crippen LogP contribution >= 0.6 is 0 Å². The van der Waals surface area contributed by atoms with Crippen LogP contribution in [0.3, 0.4) is 0 Å². The predicted molar refractivity (Wildman–Crippen MR) is 64.1 cm³/mol. The van der Waals surface area contributed by atoms with Crippen LogP contribution < -0.4 is 5.73 Å². The smallest absolute Gasteiger partial charge is 0.222 e. The van der Waals surface area contributed by atoms with Gasteiger partial charge in [-0.25, -0.2) is 0 Å². The highest BCUT2D eigenvalue weighted by atomic mass is 16.5. The first kappa shape index (κ1) is 13.5. The number of methoxy groups -OCH3 is 1. The number of unbranched alkanes of at least 4 members (excludes halogenated alkanes) is 1. The Kier molecular flexibility index (Phi) is 5.77. The Labute approximate surface area is 98.1 Å². The molecule has 0 saturated carbocycles. The Morgan fingerprint density at radius 1 is 1.56 bits per heavy atom. The lowest BCUT2D eigenvalue weighted by atomic mass is 9.98. The van der Waals surface area contributed by atoms with Crippen LogP contribution in [0.15, 0.2) is 0 Å². The number of nitrogens with zero attached hydrogens (tertiary/aromatic N) is 1. The van der Waals surface area contributed by atoms with Crippen molar-refractivity contribution in [1.29, 1.82) is 0 Å². The fraction of sp³-hybridized carbons (Fsp3) is 0.917. The molecular weight excluding hydrogens is 204 g/mol. The molecule has 0 spiro atoms. The second-order valence-corrected chi connectivity index (χ2v) is 4.46. The normalized spacial score (nSPS) is 25.8. The van der Waals surface area contributed by atoms with Gasteiger partial charge >= 0.3 is 0 Å². The van der Waals surface area contributed by atoms with E-state index in [4.69, 9.17) is 10.5 Å². The zero-order valence-corrected chi connectivity index (χ0v) is 10.4. The molecule has 2 atom stereocenters. The molecule has 1 aliphatic rings. The average Bonchev–Trinajstić information content (AvgIpc) is 2.34. The van der Waals surface area contributed by atoms with Crippen LogP contribution in [0.2, 0.25) is 0 Å². The molecule has 2 N–H and O–H groups in total. The fourth-order valence-corrected chi connectivity index (χ4v) is 2.25. The summed E-state index contributed by atoms with van der Waals surface area (Å²) < 4.78 is 5.34. The SMILES string of the molecule is CCCCC(=O)N1CC[C@@H](OC)C[C@@H]1CN. The monoisotopic (exact) mass is 228 g/mol. The molecule has 0 aromatic rings. The molecule has 1 heterocycles. The van der Waals surface area contributed by atoms with Crippen LogP contribution in [0.1, 0.15) is 39.0 Å². The number of nitrogens with two attached hydrogens (primary N) is 1. The van der Waals surface area contributed by atoms with Crippen molar-refractivity contribution in [3.05, 3.63) is 0 Å². The van der Waals surface area contributed by atoms with Crippen molar-refractivity contribution in [3.8, 4) is 0 Å². The molecule has 1 amide bonds. The third-order valence-electron chi connectivity index (χ3n) is 3.34.